The van der Waals surface area contributed by atoms with Gasteiger partial charge in [-0.3, -0.25) is 0 Å². The van der Waals surface area contributed by atoms with Gasteiger partial charge in [0.15, 0.2) is 0 Å². The maximum absolute atomic E-state index is 10.2. The van der Waals surface area contributed by atoms with Crippen LogP contribution >= 0.6 is 0 Å². The Balaban J connectivity index is 1.89. The second-order valence-corrected chi connectivity index (χ2v) is 5.07. The molecule has 0 saturated carbocycles. The molecule has 0 amide bonds. The van der Waals surface area contributed by atoms with Gasteiger partial charge in [0.25, 0.3) is 0 Å². The lowest BCUT2D eigenvalue weighted by Crippen LogP contribution is -2.37. The highest BCUT2D eigenvalue weighted by Crippen LogP contribution is 2.23. The van der Waals surface area contributed by atoms with Crippen LogP contribution in [-0.4, -0.2) is 41.4 Å². The van der Waals surface area contributed by atoms with Crippen molar-refractivity contribution in [3.8, 4) is 0 Å². The summed E-state index contributed by atoms with van der Waals surface area (Å²) >= 11 is 0. The van der Waals surface area contributed by atoms with Gasteiger partial charge in [0.2, 0.25) is 0 Å². The van der Waals surface area contributed by atoms with E-state index >= 15 is 0 Å². The Bertz CT molecular complexity index is 376. The van der Waals surface area contributed by atoms with E-state index in [1.165, 1.54) is 0 Å². The van der Waals surface area contributed by atoms with Crippen LogP contribution < -0.4 is 5.73 Å². The van der Waals surface area contributed by atoms with Gasteiger partial charge in [-0.15, -0.1) is 0 Å². The first kappa shape index (κ1) is 13.3. The first-order valence-corrected chi connectivity index (χ1v) is 6.56. The molecule has 2 rings (SSSR count). The third kappa shape index (κ3) is 3.22. The Hall–Kier alpha value is -1.10. The highest BCUT2D eigenvalue weighted by atomic mass is 16.3. The van der Waals surface area contributed by atoms with Gasteiger partial charge in [-0.1, -0.05) is 18.2 Å². The maximum atomic E-state index is 10.2. The molecule has 0 aliphatic carbocycles. The summed E-state index contributed by atoms with van der Waals surface area (Å²) in [4.78, 5) is 2.24. The Morgan fingerprint density at radius 1 is 1.28 bits per heavy atom. The molecule has 0 radical (unpaired) electrons. The lowest BCUT2D eigenvalue weighted by Gasteiger charge is -2.32. The lowest BCUT2D eigenvalue weighted by atomic mass is 9.97. The Labute approximate surface area is 108 Å². The van der Waals surface area contributed by atoms with Crippen LogP contribution in [0.15, 0.2) is 24.3 Å². The number of hydrogen-bond donors (Lipinski definition) is 3. The molecule has 18 heavy (non-hydrogen) atoms. The molecule has 4 nitrogen and oxygen atoms in total. The highest BCUT2D eigenvalue weighted by molar-refractivity contribution is 5.47. The zero-order chi connectivity index (χ0) is 13.0. The van der Waals surface area contributed by atoms with Gasteiger partial charge in [0, 0.05) is 24.4 Å². The van der Waals surface area contributed by atoms with Gasteiger partial charge in [-0.2, -0.15) is 0 Å². The number of benzene rings is 1. The van der Waals surface area contributed by atoms with Crippen LogP contribution in [-0.2, 0) is 0 Å². The van der Waals surface area contributed by atoms with Crippen LogP contribution in [0.1, 0.15) is 24.5 Å². The fraction of sp³-hybridized carbons (Fsp3) is 0.571. The van der Waals surface area contributed by atoms with Crippen LogP contribution in [0.2, 0.25) is 0 Å². The van der Waals surface area contributed by atoms with Gasteiger partial charge >= 0.3 is 0 Å². The topological polar surface area (TPSA) is 69.7 Å². The lowest BCUT2D eigenvalue weighted by molar-refractivity contribution is 0.0766. The molecule has 1 atom stereocenters. The predicted octanol–water partition coefficient (Wildman–Crippen LogP) is 1.01. The molecule has 4 heteroatoms. The summed E-state index contributed by atoms with van der Waals surface area (Å²) in [6.45, 7) is 2.78. The van der Waals surface area contributed by atoms with Crippen molar-refractivity contribution in [1.29, 1.82) is 0 Å². The van der Waals surface area contributed by atoms with E-state index in [2.05, 4.69) is 4.90 Å². The van der Waals surface area contributed by atoms with Crippen molar-refractivity contribution >= 4 is 5.69 Å². The molecule has 1 aromatic carbocycles. The third-order valence-electron chi connectivity index (χ3n) is 3.75. The van der Waals surface area contributed by atoms with E-state index in [0.717, 1.165) is 31.5 Å². The van der Waals surface area contributed by atoms with Crippen molar-refractivity contribution in [3.05, 3.63) is 29.8 Å². The molecule has 1 saturated heterocycles. The molecule has 0 aromatic heterocycles. The van der Waals surface area contributed by atoms with Crippen molar-refractivity contribution in [2.24, 2.45) is 5.92 Å². The van der Waals surface area contributed by atoms with Gasteiger partial charge in [-0.25, -0.2) is 0 Å². The smallest absolute Gasteiger partial charge is 0.0936 e. The minimum atomic E-state index is -0.531. The number of para-hydroxylation sites is 1. The maximum Gasteiger partial charge on any atom is 0.0936 e. The minimum absolute atomic E-state index is 0.280. The van der Waals surface area contributed by atoms with E-state index in [1.54, 1.807) is 0 Å². The molecule has 1 heterocycles. The van der Waals surface area contributed by atoms with E-state index in [1.807, 2.05) is 24.3 Å². The molecular weight excluding hydrogens is 228 g/mol. The third-order valence-corrected chi connectivity index (χ3v) is 3.75. The van der Waals surface area contributed by atoms with Crippen molar-refractivity contribution in [1.82, 2.24) is 4.90 Å². The molecule has 0 spiro atoms. The summed E-state index contributed by atoms with van der Waals surface area (Å²) in [5.41, 5.74) is 7.31. The number of hydrogen-bond acceptors (Lipinski definition) is 4. The molecule has 1 aliphatic heterocycles. The van der Waals surface area contributed by atoms with Crippen molar-refractivity contribution in [2.45, 2.75) is 18.9 Å². The quantitative estimate of drug-likeness (QED) is 0.697. The van der Waals surface area contributed by atoms with E-state index < -0.39 is 6.10 Å². The van der Waals surface area contributed by atoms with E-state index in [-0.39, 0.29) is 6.61 Å². The molecule has 1 unspecified atom stereocenters. The summed E-state index contributed by atoms with van der Waals surface area (Å²) < 4.78 is 0. The van der Waals surface area contributed by atoms with Crippen LogP contribution in [0.5, 0.6) is 0 Å². The van der Waals surface area contributed by atoms with E-state index in [9.17, 15) is 5.11 Å². The Kier molecular flexibility index (Phi) is 4.58. The predicted molar refractivity (Wildman–Crippen MR) is 72.1 cm³/mol. The second-order valence-electron chi connectivity index (χ2n) is 5.07. The summed E-state index contributed by atoms with van der Waals surface area (Å²) in [6, 6.07) is 7.46. The minimum Gasteiger partial charge on any atom is -0.398 e. The second kappa shape index (κ2) is 6.18. The molecule has 1 aliphatic rings. The van der Waals surface area contributed by atoms with Gasteiger partial charge in [0.1, 0.15) is 0 Å². The summed E-state index contributed by atoms with van der Waals surface area (Å²) in [7, 11) is 0. The van der Waals surface area contributed by atoms with Crippen molar-refractivity contribution < 1.29 is 10.2 Å². The number of piperidine rings is 1. The van der Waals surface area contributed by atoms with Crippen LogP contribution in [0, 0.1) is 5.92 Å². The summed E-state index contributed by atoms with van der Waals surface area (Å²) in [5, 5.41) is 19.3. The Morgan fingerprint density at radius 2 is 1.94 bits per heavy atom. The van der Waals surface area contributed by atoms with Gasteiger partial charge < -0.3 is 20.8 Å². The number of nitrogen functional groups attached to an aromatic ring is 1. The number of aliphatic hydroxyl groups is 2. The van der Waals surface area contributed by atoms with E-state index in [4.69, 9.17) is 10.8 Å². The number of nitrogens with zero attached hydrogens (tertiary/aromatic N) is 1. The van der Waals surface area contributed by atoms with Crippen molar-refractivity contribution in [3.63, 3.8) is 0 Å². The molecular formula is C14H22N2O2. The van der Waals surface area contributed by atoms with Crippen LogP contribution in [0.3, 0.4) is 0 Å². The van der Waals surface area contributed by atoms with E-state index in [0.29, 0.717) is 18.2 Å². The monoisotopic (exact) mass is 250 g/mol. The fourth-order valence-corrected chi connectivity index (χ4v) is 2.51. The largest absolute Gasteiger partial charge is 0.398 e. The molecule has 0 bridgehead atoms. The van der Waals surface area contributed by atoms with Crippen LogP contribution in [0.25, 0.3) is 0 Å². The number of anilines is 1. The average Bonchev–Trinajstić information content (AvgIpc) is 2.40. The number of nitrogens with two attached hydrogens (primary N) is 1. The first-order chi connectivity index (χ1) is 8.70. The zero-order valence-corrected chi connectivity index (χ0v) is 10.6. The fourth-order valence-electron chi connectivity index (χ4n) is 2.51. The average molecular weight is 250 g/mol. The summed E-state index contributed by atoms with van der Waals surface area (Å²) in [5.74, 6) is 0.431. The molecule has 1 fully saturated rings. The SMILES string of the molecule is Nc1ccccc1C(O)CN1CCC(CO)CC1. The molecule has 100 valence electrons. The first-order valence-electron chi connectivity index (χ1n) is 6.56. The number of likely N-dealkylation sites (tertiary alicyclic amines) is 1. The number of β-amino-alcohol motifs (C(OH)–C–C–N with tert-alkyl or cyclic N) is 1. The van der Waals surface area contributed by atoms with Crippen LogP contribution in [0.4, 0.5) is 5.69 Å². The van der Waals surface area contributed by atoms with Gasteiger partial charge in [-0.05, 0) is 37.9 Å². The van der Waals surface area contributed by atoms with Gasteiger partial charge in [0.05, 0.1) is 6.10 Å². The summed E-state index contributed by atoms with van der Waals surface area (Å²) in [6.07, 6.45) is 1.48. The standard InChI is InChI=1S/C14H22N2O2/c15-13-4-2-1-3-12(13)14(18)9-16-7-5-11(10-17)6-8-16/h1-4,11,14,17-18H,5-10,15H2. The zero-order valence-electron chi connectivity index (χ0n) is 10.6. The number of aliphatic hydroxyl groups excluding tert-OH is 2. The highest BCUT2D eigenvalue weighted by Gasteiger charge is 2.21. The van der Waals surface area contributed by atoms with Crippen molar-refractivity contribution in [2.75, 3.05) is 32.0 Å². The number of rotatable bonds is 4. The normalized spacial score (nSPS) is 19.9. The Morgan fingerprint density at radius 3 is 2.56 bits per heavy atom. The molecule has 1 aromatic rings. The molecule has 4 N–H and O–H groups in total.